The monoisotopic (exact) mass is 342 g/mol. The Hall–Kier alpha value is -1.65. The molecule has 24 heavy (non-hydrogen) atoms. The fourth-order valence-corrected chi connectivity index (χ4v) is 4.24. The van der Waals surface area contributed by atoms with Crippen molar-refractivity contribution in [2.75, 3.05) is 19.6 Å². The predicted molar refractivity (Wildman–Crippen MR) is 101 cm³/mol. The normalized spacial score (nSPS) is 17.2. The molecule has 0 spiro atoms. The van der Waals surface area contributed by atoms with E-state index in [1.165, 1.54) is 30.6 Å². The highest BCUT2D eigenvalue weighted by Crippen LogP contribution is 2.27. The van der Waals surface area contributed by atoms with Crippen LogP contribution in [-0.2, 0) is 0 Å². The molecular weight excluding hydrogens is 316 g/mol. The molecule has 3 rings (SSSR count). The molecule has 1 N–H and O–H groups in total. The third-order valence-corrected chi connectivity index (χ3v) is 5.66. The van der Waals surface area contributed by atoms with Gasteiger partial charge in [-0.25, -0.2) is 0 Å². The van der Waals surface area contributed by atoms with Crippen molar-refractivity contribution in [3.8, 4) is 0 Å². The van der Waals surface area contributed by atoms with E-state index >= 15 is 0 Å². The van der Waals surface area contributed by atoms with Gasteiger partial charge in [0.2, 0.25) is 0 Å². The van der Waals surface area contributed by atoms with Gasteiger partial charge in [0.15, 0.2) is 0 Å². The molecule has 4 heteroatoms. The lowest BCUT2D eigenvalue weighted by molar-refractivity contribution is 0.0934. The topological polar surface area (TPSA) is 32.3 Å². The molecule has 1 aromatic carbocycles. The molecule has 1 aromatic heterocycles. The molecular formula is C20H26N2OS. The van der Waals surface area contributed by atoms with Crippen molar-refractivity contribution in [2.45, 2.75) is 38.6 Å². The summed E-state index contributed by atoms with van der Waals surface area (Å²) in [6.45, 7) is 4.95. The second-order valence-electron chi connectivity index (χ2n) is 6.56. The molecule has 1 atom stereocenters. The second kappa shape index (κ2) is 8.45. The van der Waals surface area contributed by atoms with Gasteiger partial charge in [0.25, 0.3) is 5.91 Å². The minimum absolute atomic E-state index is 0.0232. The SMILES string of the molecule is Cc1cccc(C(=O)NC[C@@H](c2cccs2)N2CCCCCC2)c1. The van der Waals surface area contributed by atoms with E-state index in [0.29, 0.717) is 6.54 Å². The van der Waals surface area contributed by atoms with E-state index in [4.69, 9.17) is 0 Å². The molecule has 3 nitrogen and oxygen atoms in total. The fraction of sp³-hybridized carbons (Fsp3) is 0.450. The third-order valence-electron chi connectivity index (χ3n) is 4.69. The Morgan fingerprint density at radius 2 is 1.96 bits per heavy atom. The average molecular weight is 343 g/mol. The van der Waals surface area contributed by atoms with Crippen molar-refractivity contribution in [1.82, 2.24) is 10.2 Å². The summed E-state index contributed by atoms with van der Waals surface area (Å²) in [5, 5.41) is 5.29. The maximum atomic E-state index is 12.5. The van der Waals surface area contributed by atoms with E-state index in [0.717, 1.165) is 24.2 Å². The molecule has 0 bridgehead atoms. The quantitative estimate of drug-likeness (QED) is 0.873. The molecule has 128 valence electrons. The predicted octanol–water partition coefficient (Wildman–Crippen LogP) is 4.40. The van der Waals surface area contributed by atoms with Crippen molar-refractivity contribution < 1.29 is 4.79 Å². The number of amides is 1. The standard InChI is InChI=1S/C20H26N2OS/c1-16-8-6-9-17(14-16)20(23)21-15-18(19-10-7-13-24-19)22-11-4-2-3-5-12-22/h6-10,13-14,18H,2-5,11-12,15H2,1H3,(H,21,23)/t18-/m0/s1. The van der Waals surface area contributed by atoms with E-state index in [-0.39, 0.29) is 11.9 Å². The zero-order valence-corrected chi connectivity index (χ0v) is 15.1. The first-order valence-corrected chi connectivity index (χ1v) is 9.74. The van der Waals surface area contributed by atoms with Crippen LogP contribution in [0.5, 0.6) is 0 Å². The number of carbonyl (C=O) groups excluding carboxylic acids is 1. The minimum atomic E-state index is 0.0232. The first-order chi connectivity index (χ1) is 11.7. The summed E-state index contributed by atoms with van der Waals surface area (Å²) in [6.07, 6.45) is 5.16. The van der Waals surface area contributed by atoms with Crippen molar-refractivity contribution in [3.63, 3.8) is 0 Å². The summed E-state index contributed by atoms with van der Waals surface area (Å²) >= 11 is 1.79. The summed E-state index contributed by atoms with van der Waals surface area (Å²) in [6, 6.07) is 12.4. The molecule has 1 saturated heterocycles. The Balaban J connectivity index is 1.69. The Labute approximate surface area is 148 Å². The van der Waals surface area contributed by atoms with Gasteiger partial charge in [0, 0.05) is 17.0 Å². The highest BCUT2D eigenvalue weighted by atomic mass is 32.1. The summed E-state index contributed by atoms with van der Waals surface area (Å²) in [5.41, 5.74) is 1.86. The highest BCUT2D eigenvalue weighted by molar-refractivity contribution is 7.10. The molecule has 2 heterocycles. The summed E-state index contributed by atoms with van der Waals surface area (Å²) < 4.78 is 0. The number of nitrogens with zero attached hydrogens (tertiary/aromatic N) is 1. The summed E-state index contributed by atoms with van der Waals surface area (Å²) in [5.74, 6) is 0.0232. The molecule has 0 aliphatic carbocycles. The smallest absolute Gasteiger partial charge is 0.251 e. The first kappa shape index (κ1) is 17.2. The summed E-state index contributed by atoms with van der Waals surface area (Å²) in [4.78, 5) is 16.4. The summed E-state index contributed by atoms with van der Waals surface area (Å²) in [7, 11) is 0. The Kier molecular flexibility index (Phi) is 6.05. The largest absolute Gasteiger partial charge is 0.350 e. The lowest BCUT2D eigenvalue weighted by Crippen LogP contribution is -2.38. The maximum Gasteiger partial charge on any atom is 0.251 e. The lowest BCUT2D eigenvalue weighted by atomic mass is 10.1. The van der Waals surface area contributed by atoms with Crippen LogP contribution in [0, 0.1) is 6.92 Å². The van der Waals surface area contributed by atoms with Gasteiger partial charge in [0.05, 0.1) is 6.04 Å². The Morgan fingerprint density at radius 3 is 2.62 bits per heavy atom. The number of rotatable bonds is 5. The zero-order valence-electron chi connectivity index (χ0n) is 14.3. The number of aryl methyl sites for hydroxylation is 1. The van der Waals surface area contributed by atoms with Gasteiger partial charge in [-0.3, -0.25) is 9.69 Å². The molecule has 1 fully saturated rings. The van der Waals surface area contributed by atoms with Crippen molar-refractivity contribution >= 4 is 17.2 Å². The average Bonchev–Trinajstić information content (AvgIpc) is 2.98. The van der Waals surface area contributed by atoms with Crippen molar-refractivity contribution in [2.24, 2.45) is 0 Å². The van der Waals surface area contributed by atoms with Crippen LogP contribution in [0.4, 0.5) is 0 Å². The van der Waals surface area contributed by atoms with E-state index in [9.17, 15) is 4.79 Å². The van der Waals surface area contributed by atoms with Crippen LogP contribution in [0.2, 0.25) is 0 Å². The van der Waals surface area contributed by atoms with Crippen LogP contribution in [0.1, 0.15) is 52.5 Å². The second-order valence-corrected chi connectivity index (χ2v) is 7.54. The van der Waals surface area contributed by atoms with Gasteiger partial charge in [-0.2, -0.15) is 0 Å². The number of carbonyl (C=O) groups is 1. The van der Waals surface area contributed by atoms with Crippen LogP contribution in [0.3, 0.4) is 0 Å². The van der Waals surface area contributed by atoms with Crippen LogP contribution >= 0.6 is 11.3 Å². The van der Waals surface area contributed by atoms with E-state index in [1.807, 2.05) is 31.2 Å². The molecule has 1 aliphatic rings. The van der Waals surface area contributed by atoms with Crippen molar-refractivity contribution in [3.05, 3.63) is 57.8 Å². The molecule has 1 aliphatic heterocycles. The molecule has 0 radical (unpaired) electrons. The van der Waals surface area contributed by atoms with Gasteiger partial charge in [-0.15, -0.1) is 11.3 Å². The molecule has 1 amide bonds. The van der Waals surface area contributed by atoms with E-state index < -0.39 is 0 Å². The van der Waals surface area contributed by atoms with Crippen molar-refractivity contribution in [1.29, 1.82) is 0 Å². The highest BCUT2D eigenvalue weighted by Gasteiger charge is 2.23. The van der Waals surface area contributed by atoms with Gasteiger partial charge < -0.3 is 5.32 Å². The van der Waals surface area contributed by atoms with Gasteiger partial charge in [-0.1, -0.05) is 36.6 Å². The number of hydrogen-bond acceptors (Lipinski definition) is 3. The van der Waals surface area contributed by atoms with Gasteiger partial charge in [-0.05, 0) is 56.4 Å². The van der Waals surface area contributed by atoms with Crippen LogP contribution < -0.4 is 5.32 Å². The molecule has 0 unspecified atom stereocenters. The van der Waals surface area contributed by atoms with E-state index in [1.54, 1.807) is 11.3 Å². The van der Waals surface area contributed by atoms with Crippen LogP contribution in [0.15, 0.2) is 41.8 Å². The van der Waals surface area contributed by atoms with Crippen LogP contribution in [0.25, 0.3) is 0 Å². The zero-order chi connectivity index (χ0) is 16.8. The number of benzene rings is 1. The lowest BCUT2D eigenvalue weighted by Gasteiger charge is -2.30. The first-order valence-electron chi connectivity index (χ1n) is 8.86. The maximum absolute atomic E-state index is 12.5. The molecule has 2 aromatic rings. The van der Waals surface area contributed by atoms with E-state index in [2.05, 4.69) is 27.7 Å². The number of hydrogen-bond donors (Lipinski definition) is 1. The Bertz CT molecular complexity index is 645. The number of likely N-dealkylation sites (tertiary alicyclic amines) is 1. The minimum Gasteiger partial charge on any atom is -0.350 e. The third kappa shape index (κ3) is 4.46. The van der Waals surface area contributed by atoms with Gasteiger partial charge in [0.1, 0.15) is 0 Å². The number of nitrogens with one attached hydrogen (secondary N) is 1. The number of thiophene rings is 1. The Morgan fingerprint density at radius 1 is 1.17 bits per heavy atom. The molecule has 0 saturated carbocycles. The van der Waals surface area contributed by atoms with Gasteiger partial charge >= 0.3 is 0 Å². The van der Waals surface area contributed by atoms with Crippen LogP contribution in [-0.4, -0.2) is 30.4 Å². The fourth-order valence-electron chi connectivity index (χ4n) is 3.38.